The third-order valence-electron chi connectivity index (χ3n) is 4.00. The number of nitrogens with zero attached hydrogens (tertiary/aromatic N) is 3. The van der Waals surface area contributed by atoms with Crippen molar-refractivity contribution < 1.29 is 23.5 Å². The lowest BCUT2D eigenvalue weighted by molar-refractivity contribution is 0.00608. The summed E-state index contributed by atoms with van der Waals surface area (Å²) < 4.78 is 25.1. The van der Waals surface area contributed by atoms with E-state index in [4.69, 9.17) is 9.47 Å². The van der Waals surface area contributed by atoms with Crippen molar-refractivity contribution in [1.29, 1.82) is 0 Å². The Labute approximate surface area is 156 Å². The van der Waals surface area contributed by atoms with Crippen LogP contribution in [0, 0.1) is 0 Å². The monoisotopic (exact) mass is 375 g/mol. The highest BCUT2D eigenvalue weighted by molar-refractivity contribution is 6.01. The first kappa shape index (κ1) is 18.9. The number of aromatic nitrogens is 2. The molecule has 0 N–H and O–H groups in total. The normalized spacial score (nSPS) is 13.7. The molecule has 0 radical (unpaired) electrons. The van der Waals surface area contributed by atoms with Crippen LogP contribution >= 0.6 is 0 Å². The molecule has 2 aromatic rings. The van der Waals surface area contributed by atoms with Crippen molar-refractivity contribution in [3.05, 3.63) is 41.5 Å². The second-order valence-corrected chi connectivity index (χ2v) is 7.26. The van der Waals surface area contributed by atoms with E-state index in [-0.39, 0.29) is 24.8 Å². The highest BCUT2D eigenvalue weighted by atomic mass is 19.1. The highest BCUT2D eigenvalue weighted by Gasteiger charge is 2.32. The van der Waals surface area contributed by atoms with E-state index < -0.39 is 18.2 Å². The van der Waals surface area contributed by atoms with Gasteiger partial charge in [0.05, 0.1) is 17.9 Å². The summed E-state index contributed by atoms with van der Waals surface area (Å²) in [5.41, 5.74) is 0.873. The average molecular weight is 375 g/mol. The van der Waals surface area contributed by atoms with Gasteiger partial charge in [0.2, 0.25) is 0 Å². The fourth-order valence-corrected chi connectivity index (χ4v) is 2.92. The van der Waals surface area contributed by atoms with Crippen molar-refractivity contribution in [3.8, 4) is 11.4 Å². The Kier molecular flexibility index (Phi) is 4.91. The highest BCUT2D eigenvalue weighted by Crippen LogP contribution is 2.32. The van der Waals surface area contributed by atoms with E-state index in [1.807, 2.05) is 0 Å². The maximum absolute atomic E-state index is 12.9. The van der Waals surface area contributed by atoms with Crippen LogP contribution in [-0.4, -0.2) is 52.3 Å². The molecular weight excluding hydrogens is 353 g/mol. The van der Waals surface area contributed by atoms with Crippen LogP contribution in [0.3, 0.4) is 0 Å². The summed E-state index contributed by atoms with van der Waals surface area (Å²) in [6.07, 6.45) is 1.48. The second kappa shape index (κ2) is 7.02. The lowest BCUT2D eigenvalue weighted by Gasteiger charge is -2.20. The van der Waals surface area contributed by atoms with Gasteiger partial charge in [-0.05, 0) is 32.9 Å². The molecule has 27 heavy (non-hydrogen) atoms. The third kappa shape index (κ3) is 3.65. The van der Waals surface area contributed by atoms with Crippen LogP contribution in [0.25, 0.3) is 5.69 Å². The molecule has 0 saturated heterocycles. The summed E-state index contributed by atoms with van der Waals surface area (Å²) in [6.45, 7) is 4.70. The van der Waals surface area contributed by atoms with E-state index >= 15 is 0 Å². The van der Waals surface area contributed by atoms with Gasteiger partial charge in [-0.2, -0.15) is 0 Å². The molecule has 0 spiro atoms. The number of hydrogen-bond acceptors (Lipinski definition) is 5. The molecule has 0 aliphatic carbocycles. The minimum absolute atomic E-state index is 0.145. The molecule has 1 aliphatic rings. The van der Waals surface area contributed by atoms with E-state index in [1.165, 1.54) is 11.2 Å². The van der Waals surface area contributed by atoms with Gasteiger partial charge in [-0.3, -0.25) is 9.36 Å². The smallest absolute Gasteiger partial charge is 0.359 e. The van der Waals surface area contributed by atoms with Crippen LogP contribution in [0.2, 0.25) is 0 Å². The van der Waals surface area contributed by atoms with E-state index in [0.29, 0.717) is 22.7 Å². The molecule has 0 unspecified atom stereocenters. The number of carbonyl (C=O) groups is 2. The second-order valence-electron chi connectivity index (χ2n) is 7.26. The summed E-state index contributed by atoms with van der Waals surface area (Å²) in [7, 11) is 1.62. The van der Waals surface area contributed by atoms with E-state index in [1.54, 1.807) is 50.6 Å². The Morgan fingerprint density at radius 3 is 2.74 bits per heavy atom. The maximum Gasteiger partial charge on any atom is 0.359 e. The topological polar surface area (TPSA) is 73.7 Å². The van der Waals surface area contributed by atoms with E-state index in [2.05, 4.69) is 4.98 Å². The first-order valence-corrected chi connectivity index (χ1v) is 8.60. The van der Waals surface area contributed by atoms with Crippen LogP contribution < -0.4 is 4.74 Å². The number of hydrogen-bond donors (Lipinski definition) is 0. The number of amides is 1. The lowest BCUT2D eigenvalue weighted by atomic mass is 10.1. The molecule has 1 amide bonds. The Morgan fingerprint density at radius 1 is 1.33 bits per heavy atom. The van der Waals surface area contributed by atoms with Gasteiger partial charge in [-0.1, -0.05) is 6.07 Å². The van der Waals surface area contributed by atoms with Crippen molar-refractivity contribution in [3.63, 3.8) is 0 Å². The van der Waals surface area contributed by atoms with Crippen LogP contribution in [0.1, 0.15) is 47.3 Å². The molecule has 144 valence electrons. The Hall–Kier alpha value is -2.90. The van der Waals surface area contributed by atoms with Crippen molar-refractivity contribution in [1.82, 2.24) is 14.5 Å². The number of esters is 1. The molecule has 7 nitrogen and oxygen atoms in total. The van der Waals surface area contributed by atoms with Gasteiger partial charge in [0, 0.05) is 7.05 Å². The number of alkyl halides is 1. The maximum atomic E-state index is 12.9. The molecule has 3 rings (SSSR count). The lowest BCUT2D eigenvalue weighted by Crippen LogP contribution is -2.28. The summed E-state index contributed by atoms with van der Waals surface area (Å²) >= 11 is 0. The van der Waals surface area contributed by atoms with Crippen LogP contribution in [0.5, 0.6) is 5.75 Å². The zero-order valence-electron chi connectivity index (χ0n) is 15.8. The van der Waals surface area contributed by atoms with Gasteiger partial charge in [0.15, 0.2) is 5.69 Å². The van der Waals surface area contributed by atoms with Crippen molar-refractivity contribution in [2.24, 2.45) is 0 Å². The Bertz CT molecular complexity index is 886. The van der Waals surface area contributed by atoms with Gasteiger partial charge < -0.3 is 14.4 Å². The number of ether oxygens (including phenoxy) is 2. The van der Waals surface area contributed by atoms with Gasteiger partial charge in [-0.25, -0.2) is 14.2 Å². The minimum atomic E-state index is -0.661. The number of fused-ring (bicyclic) bond motifs is 3. The fraction of sp³-hybridized carbons (Fsp3) is 0.421. The molecule has 1 aromatic carbocycles. The van der Waals surface area contributed by atoms with Gasteiger partial charge in [0.25, 0.3) is 5.91 Å². The zero-order chi connectivity index (χ0) is 19.8. The predicted molar refractivity (Wildman–Crippen MR) is 96.0 cm³/mol. The van der Waals surface area contributed by atoms with Crippen molar-refractivity contribution in [2.45, 2.75) is 32.9 Å². The predicted octanol–water partition coefficient (Wildman–Crippen LogP) is 2.76. The summed E-state index contributed by atoms with van der Waals surface area (Å²) in [6, 6.07) is 5.07. The number of benzene rings is 1. The largest absolute Gasteiger partial charge is 0.490 e. The summed E-state index contributed by atoms with van der Waals surface area (Å²) in [4.78, 5) is 31.1. The first-order chi connectivity index (χ1) is 12.7. The average Bonchev–Trinajstić information content (AvgIpc) is 2.96. The van der Waals surface area contributed by atoms with Gasteiger partial charge in [0.1, 0.15) is 36.5 Å². The van der Waals surface area contributed by atoms with Crippen molar-refractivity contribution >= 4 is 11.9 Å². The van der Waals surface area contributed by atoms with E-state index in [0.717, 1.165) is 0 Å². The molecular formula is C19H22FN3O4. The standard InChI is InChI=1S/C19H22FN3O4/c1-19(2,3)27-18(25)16-13-10-22(4)17(24)15-12(23(13)11-21-16)6-5-7-14(15)26-9-8-20/h5-7,11H,8-10H2,1-4H3. The summed E-state index contributed by atoms with van der Waals surface area (Å²) in [5, 5.41) is 0. The zero-order valence-corrected chi connectivity index (χ0v) is 15.8. The molecule has 2 heterocycles. The summed E-state index contributed by atoms with van der Waals surface area (Å²) in [5.74, 6) is -0.536. The Morgan fingerprint density at radius 2 is 2.07 bits per heavy atom. The molecule has 0 fully saturated rings. The number of carbonyl (C=O) groups excluding carboxylic acids is 2. The van der Waals surface area contributed by atoms with Gasteiger partial charge in [-0.15, -0.1) is 0 Å². The molecule has 1 aliphatic heterocycles. The molecule has 1 aromatic heterocycles. The van der Waals surface area contributed by atoms with Gasteiger partial charge >= 0.3 is 5.97 Å². The SMILES string of the molecule is CN1Cc2c(C(=O)OC(C)(C)C)ncn2-c2cccc(OCCF)c2C1=O. The molecule has 0 saturated carbocycles. The molecule has 8 heteroatoms. The van der Waals surface area contributed by atoms with E-state index in [9.17, 15) is 14.0 Å². The Balaban J connectivity index is 2.12. The number of imidazole rings is 1. The fourth-order valence-electron chi connectivity index (χ4n) is 2.92. The number of rotatable bonds is 4. The first-order valence-electron chi connectivity index (χ1n) is 8.60. The molecule has 0 atom stereocenters. The minimum Gasteiger partial charge on any atom is -0.490 e. The van der Waals surface area contributed by atoms with Crippen LogP contribution in [-0.2, 0) is 11.3 Å². The third-order valence-corrected chi connectivity index (χ3v) is 4.00. The van der Waals surface area contributed by atoms with Crippen LogP contribution in [0.15, 0.2) is 24.5 Å². The molecule has 0 bridgehead atoms. The van der Waals surface area contributed by atoms with Crippen molar-refractivity contribution in [2.75, 3.05) is 20.3 Å². The number of halogens is 1. The quantitative estimate of drug-likeness (QED) is 0.769. The van der Waals surface area contributed by atoms with Crippen LogP contribution in [0.4, 0.5) is 4.39 Å².